The number of nitrogens with zero attached hydrogens (tertiary/aromatic N) is 1. The Balaban J connectivity index is 2.02. The van der Waals surface area contributed by atoms with E-state index in [1.807, 2.05) is 6.07 Å². The molecule has 1 aromatic rings. The largest absolute Gasteiger partial charge is 0.378 e. The zero-order valence-corrected chi connectivity index (χ0v) is 10.8. The lowest BCUT2D eigenvalue weighted by Gasteiger charge is -2.36. The number of ether oxygens (including phenoxy) is 1. The number of halogens is 1. The van der Waals surface area contributed by atoms with Gasteiger partial charge in [0, 0.05) is 30.7 Å². The second kappa shape index (κ2) is 6.27. The summed E-state index contributed by atoms with van der Waals surface area (Å²) in [4.78, 5) is 2.31. The maximum atomic E-state index is 13.7. The summed E-state index contributed by atoms with van der Waals surface area (Å²) in [5, 5.41) is 0. The maximum Gasteiger partial charge on any atom is 0.128 e. The monoisotopic (exact) mass is 252 g/mol. The van der Waals surface area contributed by atoms with E-state index in [1.54, 1.807) is 12.1 Å². The van der Waals surface area contributed by atoms with Gasteiger partial charge in [-0.25, -0.2) is 4.39 Å². The highest BCUT2D eigenvalue weighted by Gasteiger charge is 2.24. The predicted octanol–water partition coefficient (Wildman–Crippen LogP) is 1.94. The Morgan fingerprint density at radius 3 is 3.00 bits per heavy atom. The van der Waals surface area contributed by atoms with Gasteiger partial charge < -0.3 is 10.5 Å². The van der Waals surface area contributed by atoms with Gasteiger partial charge in [-0.2, -0.15) is 0 Å². The molecule has 2 N–H and O–H groups in total. The first kappa shape index (κ1) is 13.5. The lowest BCUT2D eigenvalue weighted by atomic mass is 10.0. The SMILES string of the molecule is CCC1COCCN1CC(N)c1ccccc1F. The molecular weight excluding hydrogens is 231 g/mol. The van der Waals surface area contributed by atoms with Crippen molar-refractivity contribution < 1.29 is 9.13 Å². The van der Waals surface area contributed by atoms with E-state index < -0.39 is 0 Å². The van der Waals surface area contributed by atoms with Gasteiger partial charge in [0.1, 0.15) is 5.82 Å². The molecule has 0 spiro atoms. The first-order valence-corrected chi connectivity index (χ1v) is 6.54. The Morgan fingerprint density at radius 2 is 2.28 bits per heavy atom. The molecular formula is C14H21FN2O. The molecule has 0 saturated carbocycles. The van der Waals surface area contributed by atoms with Gasteiger partial charge in [0.25, 0.3) is 0 Å². The summed E-state index contributed by atoms with van der Waals surface area (Å²) in [6.07, 6.45) is 1.03. The fraction of sp³-hybridized carbons (Fsp3) is 0.571. The van der Waals surface area contributed by atoms with Crippen molar-refractivity contribution in [3.05, 3.63) is 35.6 Å². The third kappa shape index (κ3) is 3.07. The molecule has 0 bridgehead atoms. The second-order valence-electron chi connectivity index (χ2n) is 4.76. The number of hydrogen-bond donors (Lipinski definition) is 1. The molecule has 2 atom stereocenters. The second-order valence-corrected chi connectivity index (χ2v) is 4.76. The van der Waals surface area contributed by atoms with Crippen molar-refractivity contribution in [2.75, 3.05) is 26.3 Å². The van der Waals surface area contributed by atoms with Crippen LogP contribution in [0.3, 0.4) is 0 Å². The normalized spacial score (nSPS) is 22.9. The summed E-state index contributed by atoms with van der Waals surface area (Å²) in [7, 11) is 0. The molecule has 1 fully saturated rings. The lowest BCUT2D eigenvalue weighted by molar-refractivity contribution is -0.0112. The molecule has 1 aliphatic rings. The van der Waals surface area contributed by atoms with Crippen molar-refractivity contribution in [2.45, 2.75) is 25.4 Å². The maximum absolute atomic E-state index is 13.7. The van der Waals surface area contributed by atoms with Crippen LogP contribution in [-0.4, -0.2) is 37.2 Å². The average molecular weight is 252 g/mol. The van der Waals surface area contributed by atoms with Crippen LogP contribution in [0.15, 0.2) is 24.3 Å². The molecule has 2 unspecified atom stereocenters. The Labute approximate surface area is 108 Å². The van der Waals surface area contributed by atoms with Crippen LogP contribution < -0.4 is 5.73 Å². The number of rotatable bonds is 4. The average Bonchev–Trinajstić information content (AvgIpc) is 2.39. The van der Waals surface area contributed by atoms with E-state index in [2.05, 4.69) is 11.8 Å². The van der Waals surface area contributed by atoms with E-state index in [9.17, 15) is 4.39 Å². The third-order valence-electron chi connectivity index (χ3n) is 3.56. The molecule has 2 rings (SSSR count). The van der Waals surface area contributed by atoms with Crippen molar-refractivity contribution in [3.63, 3.8) is 0 Å². The zero-order chi connectivity index (χ0) is 13.0. The Bertz CT molecular complexity index is 386. The van der Waals surface area contributed by atoms with Gasteiger partial charge in [0.05, 0.1) is 13.2 Å². The number of benzene rings is 1. The number of morpholine rings is 1. The molecule has 3 nitrogen and oxygen atoms in total. The van der Waals surface area contributed by atoms with Gasteiger partial charge in [-0.15, -0.1) is 0 Å². The summed E-state index contributed by atoms with van der Waals surface area (Å²) >= 11 is 0. The summed E-state index contributed by atoms with van der Waals surface area (Å²) in [5.74, 6) is -0.216. The van der Waals surface area contributed by atoms with Crippen LogP contribution in [0.1, 0.15) is 24.9 Å². The molecule has 100 valence electrons. The minimum Gasteiger partial charge on any atom is -0.378 e. The summed E-state index contributed by atoms with van der Waals surface area (Å²) < 4.78 is 19.1. The van der Waals surface area contributed by atoms with E-state index in [-0.39, 0.29) is 11.9 Å². The zero-order valence-electron chi connectivity index (χ0n) is 10.8. The molecule has 1 aliphatic heterocycles. The number of nitrogens with two attached hydrogens (primary N) is 1. The molecule has 18 heavy (non-hydrogen) atoms. The van der Waals surface area contributed by atoms with Crippen molar-refractivity contribution >= 4 is 0 Å². The van der Waals surface area contributed by atoms with E-state index in [4.69, 9.17) is 10.5 Å². The summed E-state index contributed by atoms with van der Waals surface area (Å²) in [6, 6.07) is 6.87. The first-order valence-electron chi connectivity index (χ1n) is 6.54. The van der Waals surface area contributed by atoms with Crippen LogP contribution in [-0.2, 0) is 4.74 Å². The fourth-order valence-corrected chi connectivity index (χ4v) is 2.43. The van der Waals surface area contributed by atoms with Crippen LogP contribution >= 0.6 is 0 Å². The summed E-state index contributed by atoms with van der Waals surface area (Å²) in [6.45, 7) is 5.19. The highest BCUT2D eigenvalue weighted by Crippen LogP contribution is 2.19. The summed E-state index contributed by atoms with van der Waals surface area (Å²) in [5.41, 5.74) is 6.72. The third-order valence-corrected chi connectivity index (χ3v) is 3.56. The first-order chi connectivity index (χ1) is 8.72. The molecule has 0 radical (unpaired) electrons. The minimum atomic E-state index is -0.279. The molecule has 0 aliphatic carbocycles. The lowest BCUT2D eigenvalue weighted by Crippen LogP contribution is -2.47. The van der Waals surface area contributed by atoms with Gasteiger partial charge in [0.15, 0.2) is 0 Å². The van der Waals surface area contributed by atoms with Crippen LogP contribution in [0.4, 0.5) is 4.39 Å². The highest BCUT2D eigenvalue weighted by molar-refractivity contribution is 5.21. The van der Waals surface area contributed by atoms with Crippen LogP contribution in [0.25, 0.3) is 0 Å². The van der Waals surface area contributed by atoms with E-state index in [0.29, 0.717) is 18.2 Å². The van der Waals surface area contributed by atoms with Gasteiger partial charge >= 0.3 is 0 Å². The Kier molecular flexibility index (Phi) is 4.69. The van der Waals surface area contributed by atoms with Crippen molar-refractivity contribution in [1.29, 1.82) is 0 Å². The molecule has 1 saturated heterocycles. The van der Waals surface area contributed by atoms with Crippen molar-refractivity contribution in [2.24, 2.45) is 5.73 Å². The van der Waals surface area contributed by atoms with Gasteiger partial charge in [-0.3, -0.25) is 4.90 Å². The quantitative estimate of drug-likeness (QED) is 0.890. The molecule has 1 heterocycles. The van der Waals surface area contributed by atoms with Crippen LogP contribution in [0.2, 0.25) is 0 Å². The predicted molar refractivity (Wildman–Crippen MR) is 69.8 cm³/mol. The minimum absolute atomic E-state index is 0.216. The van der Waals surface area contributed by atoms with Gasteiger partial charge in [-0.05, 0) is 12.5 Å². The van der Waals surface area contributed by atoms with Crippen LogP contribution in [0.5, 0.6) is 0 Å². The van der Waals surface area contributed by atoms with Crippen molar-refractivity contribution in [1.82, 2.24) is 4.90 Å². The Hall–Kier alpha value is -0.970. The van der Waals surface area contributed by atoms with E-state index >= 15 is 0 Å². The molecule has 0 aromatic heterocycles. The standard InChI is InChI=1S/C14H21FN2O/c1-2-11-10-18-8-7-17(11)9-14(16)12-5-3-4-6-13(12)15/h3-6,11,14H,2,7-10,16H2,1H3. The van der Waals surface area contributed by atoms with Crippen LogP contribution in [0, 0.1) is 5.82 Å². The molecule has 0 amide bonds. The van der Waals surface area contributed by atoms with Gasteiger partial charge in [0.2, 0.25) is 0 Å². The van der Waals surface area contributed by atoms with Crippen molar-refractivity contribution in [3.8, 4) is 0 Å². The molecule has 4 heteroatoms. The number of hydrogen-bond acceptors (Lipinski definition) is 3. The fourth-order valence-electron chi connectivity index (χ4n) is 2.43. The highest BCUT2D eigenvalue weighted by atomic mass is 19.1. The van der Waals surface area contributed by atoms with E-state index in [0.717, 1.165) is 26.2 Å². The Morgan fingerprint density at radius 1 is 1.50 bits per heavy atom. The molecule has 1 aromatic carbocycles. The smallest absolute Gasteiger partial charge is 0.128 e. The van der Waals surface area contributed by atoms with E-state index in [1.165, 1.54) is 6.07 Å². The topological polar surface area (TPSA) is 38.5 Å². The van der Waals surface area contributed by atoms with Gasteiger partial charge in [-0.1, -0.05) is 25.1 Å².